The number of hydrogen-bond acceptors (Lipinski definition) is 1. The quantitative estimate of drug-likeness (QED) is 0.779. The Labute approximate surface area is 111 Å². The van der Waals surface area contributed by atoms with Crippen molar-refractivity contribution >= 4 is 0 Å². The number of aliphatic hydroxyl groups excluding tert-OH is 1. The van der Waals surface area contributed by atoms with Gasteiger partial charge in [-0.2, -0.15) is 0 Å². The van der Waals surface area contributed by atoms with Crippen molar-refractivity contribution in [2.45, 2.75) is 71.3 Å². The van der Waals surface area contributed by atoms with E-state index < -0.39 is 0 Å². The van der Waals surface area contributed by atoms with Crippen LogP contribution in [0.1, 0.15) is 75.8 Å². The fourth-order valence-corrected chi connectivity index (χ4v) is 3.19. The molecule has 0 saturated carbocycles. The van der Waals surface area contributed by atoms with Crippen molar-refractivity contribution in [2.75, 3.05) is 0 Å². The maximum Gasteiger partial charge on any atom is 0.0764 e. The molecule has 0 aliphatic heterocycles. The summed E-state index contributed by atoms with van der Waals surface area (Å²) < 4.78 is 0. The summed E-state index contributed by atoms with van der Waals surface area (Å²) in [4.78, 5) is 0. The molecule has 0 saturated heterocycles. The Kier molecular flexibility index (Phi) is 3.09. The third kappa shape index (κ3) is 2.09. The van der Waals surface area contributed by atoms with Crippen LogP contribution in [0.15, 0.2) is 12.1 Å². The molecule has 0 heterocycles. The Morgan fingerprint density at radius 2 is 1.44 bits per heavy atom. The molecule has 0 bridgehead atoms. The number of benzene rings is 1. The Morgan fingerprint density at radius 1 is 1.00 bits per heavy atom. The molecule has 100 valence electrons. The number of aliphatic hydroxyl groups is 1. The number of rotatable bonds is 1. The molecule has 1 heteroatoms. The molecule has 1 N–H and O–H groups in total. The van der Waals surface area contributed by atoms with E-state index in [1.807, 2.05) is 6.92 Å². The van der Waals surface area contributed by atoms with Gasteiger partial charge in [0.1, 0.15) is 0 Å². The highest BCUT2D eigenvalue weighted by Gasteiger charge is 2.37. The second kappa shape index (κ2) is 4.09. The Hall–Kier alpha value is -0.820. The standard InChI is InChI=1S/C17H26O/c1-11-9-14-15(10-13(11)12(2)18)17(5,6)8-7-16(14,3)4/h9-10,12,18H,7-8H2,1-6H3/t12-/m0/s1. The van der Waals surface area contributed by atoms with Gasteiger partial charge < -0.3 is 5.11 Å². The van der Waals surface area contributed by atoms with Crippen LogP contribution < -0.4 is 0 Å². The first-order valence-electron chi connectivity index (χ1n) is 6.99. The lowest BCUT2D eigenvalue weighted by atomic mass is 9.62. The Morgan fingerprint density at radius 3 is 1.89 bits per heavy atom. The summed E-state index contributed by atoms with van der Waals surface area (Å²) in [5.74, 6) is 0. The average molecular weight is 246 g/mol. The summed E-state index contributed by atoms with van der Waals surface area (Å²) >= 11 is 0. The highest BCUT2D eigenvalue weighted by Crippen LogP contribution is 2.46. The topological polar surface area (TPSA) is 20.2 Å². The number of hydrogen-bond donors (Lipinski definition) is 1. The molecule has 0 unspecified atom stereocenters. The Balaban J connectivity index is 2.69. The van der Waals surface area contributed by atoms with Crippen molar-refractivity contribution in [1.82, 2.24) is 0 Å². The molecule has 1 atom stereocenters. The van der Waals surface area contributed by atoms with E-state index in [1.54, 1.807) is 0 Å². The second-order valence-electron chi connectivity index (χ2n) is 7.20. The van der Waals surface area contributed by atoms with Crippen molar-refractivity contribution < 1.29 is 5.11 Å². The minimum absolute atomic E-state index is 0.224. The molecule has 1 aromatic rings. The molecule has 1 nitrogen and oxygen atoms in total. The van der Waals surface area contributed by atoms with Crippen molar-refractivity contribution in [2.24, 2.45) is 0 Å². The van der Waals surface area contributed by atoms with Gasteiger partial charge in [-0.05, 0) is 59.8 Å². The minimum Gasteiger partial charge on any atom is -0.389 e. The average Bonchev–Trinajstić information content (AvgIpc) is 2.24. The van der Waals surface area contributed by atoms with Gasteiger partial charge in [-0.3, -0.25) is 0 Å². The first-order valence-corrected chi connectivity index (χ1v) is 6.99. The zero-order chi connectivity index (χ0) is 13.7. The summed E-state index contributed by atoms with van der Waals surface area (Å²) in [6.07, 6.45) is 2.08. The fourth-order valence-electron chi connectivity index (χ4n) is 3.19. The molecule has 0 radical (unpaired) electrons. The van der Waals surface area contributed by atoms with Gasteiger partial charge in [-0.15, -0.1) is 0 Å². The summed E-state index contributed by atoms with van der Waals surface area (Å²) in [5, 5.41) is 9.91. The predicted molar refractivity (Wildman–Crippen MR) is 77.1 cm³/mol. The lowest BCUT2D eigenvalue weighted by Gasteiger charge is -2.42. The predicted octanol–water partition coefficient (Wildman–Crippen LogP) is 4.40. The molecule has 1 aliphatic rings. The maximum absolute atomic E-state index is 9.91. The number of aryl methyl sites for hydroxylation is 1. The van der Waals surface area contributed by atoms with Crippen LogP contribution >= 0.6 is 0 Å². The molecule has 0 spiro atoms. The van der Waals surface area contributed by atoms with Crippen LogP contribution in [0.5, 0.6) is 0 Å². The Bertz CT molecular complexity index is 467. The smallest absolute Gasteiger partial charge is 0.0764 e. The molecule has 0 fully saturated rings. The van der Waals surface area contributed by atoms with Gasteiger partial charge in [0.15, 0.2) is 0 Å². The molecule has 1 aromatic carbocycles. The normalized spacial score (nSPS) is 22.4. The van der Waals surface area contributed by atoms with E-state index >= 15 is 0 Å². The molecule has 0 amide bonds. The number of fused-ring (bicyclic) bond motifs is 1. The van der Waals surface area contributed by atoms with Crippen LogP contribution in [0.3, 0.4) is 0 Å². The van der Waals surface area contributed by atoms with E-state index in [1.165, 1.54) is 29.5 Å². The van der Waals surface area contributed by atoms with Gasteiger partial charge in [-0.25, -0.2) is 0 Å². The molecular weight excluding hydrogens is 220 g/mol. The van der Waals surface area contributed by atoms with E-state index in [0.717, 1.165) is 5.56 Å². The van der Waals surface area contributed by atoms with Gasteiger partial charge in [0.25, 0.3) is 0 Å². The summed E-state index contributed by atoms with van der Waals surface area (Å²) in [6, 6.07) is 4.55. The van der Waals surface area contributed by atoms with Gasteiger partial charge in [0.2, 0.25) is 0 Å². The zero-order valence-corrected chi connectivity index (χ0v) is 12.6. The van der Waals surface area contributed by atoms with E-state index in [2.05, 4.69) is 46.8 Å². The van der Waals surface area contributed by atoms with Crippen LogP contribution in [-0.4, -0.2) is 5.11 Å². The van der Waals surface area contributed by atoms with Gasteiger partial charge >= 0.3 is 0 Å². The van der Waals surface area contributed by atoms with E-state index in [-0.39, 0.29) is 16.9 Å². The lowest BCUT2D eigenvalue weighted by Crippen LogP contribution is -2.34. The fraction of sp³-hybridized carbons (Fsp3) is 0.647. The molecule has 1 aliphatic carbocycles. The van der Waals surface area contributed by atoms with Crippen LogP contribution in [-0.2, 0) is 10.8 Å². The second-order valence-corrected chi connectivity index (χ2v) is 7.20. The van der Waals surface area contributed by atoms with E-state index in [4.69, 9.17) is 0 Å². The van der Waals surface area contributed by atoms with Crippen molar-refractivity contribution in [3.05, 3.63) is 34.4 Å². The highest BCUT2D eigenvalue weighted by atomic mass is 16.3. The summed E-state index contributed by atoms with van der Waals surface area (Å²) in [6.45, 7) is 13.3. The van der Waals surface area contributed by atoms with Crippen LogP contribution in [0.4, 0.5) is 0 Å². The molecule has 18 heavy (non-hydrogen) atoms. The van der Waals surface area contributed by atoms with E-state index in [9.17, 15) is 5.11 Å². The zero-order valence-electron chi connectivity index (χ0n) is 12.6. The third-order valence-electron chi connectivity index (χ3n) is 4.69. The van der Waals surface area contributed by atoms with Crippen LogP contribution in [0.25, 0.3) is 0 Å². The van der Waals surface area contributed by atoms with Crippen molar-refractivity contribution in [1.29, 1.82) is 0 Å². The van der Waals surface area contributed by atoms with Crippen molar-refractivity contribution in [3.8, 4) is 0 Å². The molecule has 2 rings (SSSR count). The van der Waals surface area contributed by atoms with Crippen LogP contribution in [0, 0.1) is 6.92 Å². The minimum atomic E-state index is -0.379. The van der Waals surface area contributed by atoms with Gasteiger partial charge in [-0.1, -0.05) is 39.8 Å². The van der Waals surface area contributed by atoms with Crippen molar-refractivity contribution in [3.63, 3.8) is 0 Å². The molecule has 0 aromatic heterocycles. The first kappa shape index (κ1) is 13.6. The largest absolute Gasteiger partial charge is 0.389 e. The maximum atomic E-state index is 9.91. The lowest BCUT2D eigenvalue weighted by molar-refractivity contribution is 0.198. The monoisotopic (exact) mass is 246 g/mol. The summed E-state index contributed by atoms with van der Waals surface area (Å²) in [7, 11) is 0. The summed E-state index contributed by atoms with van der Waals surface area (Å²) in [5.41, 5.74) is 5.68. The highest BCUT2D eigenvalue weighted by molar-refractivity contribution is 5.47. The van der Waals surface area contributed by atoms with Gasteiger partial charge in [0, 0.05) is 0 Å². The van der Waals surface area contributed by atoms with Gasteiger partial charge in [0.05, 0.1) is 6.10 Å². The van der Waals surface area contributed by atoms with E-state index in [0.29, 0.717) is 0 Å². The third-order valence-corrected chi connectivity index (χ3v) is 4.69. The first-order chi connectivity index (χ1) is 8.15. The molecular formula is C17H26O. The van der Waals surface area contributed by atoms with Crippen LogP contribution in [0.2, 0.25) is 0 Å². The SMILES string of the molecule is Cc1cc2c(cc1[C@H](C)O)C(C)(C)CCC2(C)C.